The predicted octanol–water partition coefficient (Wildman–Crippen LogP) is 2.95. The molecule has 6 heteroatoms. The van der Waals surface area contributed by atoms with Gasteiger partial charge in [-0.1, -0.05) is 6.07 Å². The van der Waals surface area contributed by atoms with E-state index in [2.05, 4.69) is 15.6 Å². The lowest BCUT2D eigenvalue weighted by atomic mass is 10.1. The van der Waals surface area contributed by atoms with Gasteiger partial charge in [-0.15, -0.1) is 0 Å². The summed E-state index contributed by atoms with van der Waals surface area (Å²) in [6.45, 7) is 2.48. The molecule has 0 bridgehead atoms. The van der Waals surface area contributed by atoms with E-state index in [1.807, 2.05) is 13.0 Å². The average molecular weight is 272 g/mol. The minimum Gasteiger partial charge on any atom is -0.382 e. The van der Waals surface area contributed by atoms with Crippen LogP contribution < -0.4 is 10.6 Å². The van der Waals surface area contributed by atoms with Crippen LogP contribution in [0, 0.1) is 17.0 Å². The Morgan fingerprint density at radius 1 is 1.30 bits per heavy atom. The van der Waals surface area contributed by atoms with E-state index in [0.29, 0.717) is 17.9 Å². The first kappa shape index (κ1) is 13.8. The number of aromatic nitrogens is 1. The maximum Gasteiger partial charge on any atom is 0.315 e. The van der Waals surface area contributed by atoms with Crippen LogP contribution in [0.4, 0.5) is 17.1 Å². The zero-order chi connectivity index (χ0) is 14.5. The highest BCUT2D eigenvalue weighted by Crippen LogP contribution is 2.32. The van der Waals surface area contributed by atoms with Gasteiger partial charge in [-0.05, 0) is 36.2 Å². The van der Waals surface area contributed by atoms with Crippen LogP contribution in [-0.2, 0) is 6.54 Å². The van der Waals surface area contributed by atoms with Crippen molar-refractivity contribution in [2.75, 3.05) is 17.7 Å². The number of para-hydroxylation sites is 1. The molecule has 0 saturated carbocycles. The summed E-state index contributed by atoms with van der Waals surface area (Å²) in [6.07, 6.45) is 3.49. The normalized spacial score (nSPS) is 10.1. The Balaban J connectivity index is 2.26. The topological polar surface area (TPSA) is 80.1 Å². The van der Waals surface area contributed by atoms with Crippen molar-refractivity contribution in [3.63, 3.8) is 0 Å². The maximum absolute atomic E-state index is 11.2. The standard InChI is InChI=1S/C14H16N4O2/c1-10-6-7-16-8-11(10)9-17-13-5-3-4-12(15-2)14(13)18(19)20/h3-8,15,17H,9H2,1-2H3. The second-order valence-corrected chi connectivity index (χ2v) is 4.36. The highest BCUT2D eigenvalue weighted by Gasteiger charge is 2.18. The molecule has 0 aliphatic carbocycles. The molecule has 20 heavy (non-hydrogen) atoms. The molecule has 0 aliphatic rings. The molecule has 2 N–H and O–H groups in total. The fourth-order valence-corrected chi connectivity index (χ4v) is 1.96. The number of hydrogen-bond donors (Lipinski definition) is 2. The number of nitro benzene ring substituents is 1. The molecule has 1 aromatic carbocycles. The lowest BCUT2D eigenvalue weighted by Gasteiger charge is -2.11. The number of pyridine rings is 1. The summed E-state index contributed by atoms with van der Waals surface area (Å²) in [5.74, 6) is 0. The van der Waals surface area contributed by atoms with Gasteiger partial charge in [0.05, 0.1) is 4.92 Å². The van der Waals surface area contributed by atoms with Gasteiger partial charge < -0.3 is 10.6 Å². The number of nitrogens with one attached hydrogen (secondary N) is 2. The van der Waals surface area contributed by atoms with Crippen molar-refractivity contribution in [2.24, 2.45) is 0 Å². The lowest BCUT2D eigenvalue weighted by Crippen LogP contribution is -2.06. The Kier molecular flexibility index (Phi) is 4.14. The van der Waals surface area contributed by atoms with Crippen molar-refractivity contribution in [1.82, 2.24) is 4.98 Å². The molecule has 2 rings (SSSR count). The molecule has 1 heterocycles. The fourth-order valence-electron chi connectivity index (χ4n) is 1.96. The van der Waals surface area contributed by atoms with Crippen LogP contribution in [0.3, 0.4) is 0 Å². The monoisotopic (exact) mass is 272 g/mol. The maximum atomic E-state index is 11.2. The summed E-state index contributed by atoms with van der Waals surface area (Å²) in [6, 6.07) is 7.07. The molecule has 0 radical (unpaired) electrons. The first-order chi connectivity index (χ1) is 9.63. The lowest BCUT2D eigenvalue weighted by molar-refractivity contribution is -0.383. The van der Waals surface area contributed by atoms with Gasteiger partial charge in [-0.3, -0.25) is 15.1 Å². The Labute approximate surface area is 117 Å². The van der Waals surface area contributed by atoms with Gasteiger partial charge in [0.2, 0.25) is 0 Å². The van der Waals surface area contributed by atoms with Gasteiger partial charge in [0.25, 0.3) is 0 Å². The molecule has 0 spiro atoms. The molecule has 0 fully saturated rings. The summed E-state index contributed by atoms with van der Waals surface area (Å²) in [7, 11) is 1.66. The minimum atomic E-state index is -0.385. The van der Waals surface area contributed by atoms with Gasteiger partial charge in [-0.2, -0.15) is 0 Å². The zero-order valence-electron chi connectivity index (χ0n) is 11.4. The first-order valence-corrected chi connectivity index (χ1v) is 6.22. The molecule has 2 aromatic rings. The molecule has 0 aliphatic heterocycles. The van der Waals surface area contributed by atoms with E-state index in [9.17, 15) is 10.1 Å². The van der Waals surface area contributed by atoms with E-state index in [1.54, 1.807) is 37.6 Å². The number of hydrogen-bond acceptors (Lipinski definition) is 5. The van der Waals surface area contributed by atoms with E-state index in [1.165, 1.54) is 0 Å². The van der Waals surface area contributed by atoms with Crippen molar-refractivity contribution < 1.29 is 4.92 Å². The molecule has 6 nitrogen and oxygen atoms in total. The number of benzene rings is 1. The summed E-state index contributed by atoms with van der Waals surface area (Å²) in [5.41, 5.74) is 3.14. The van der Waals surface area contributed by atoms with Crippen molar-refractivity contribution in [3.8, 4) is 0 Å². The van der Waals surface area contributed by atoms with Crippen LogP contribution in [0.25, 0.3) is 0 Å². The van der Waals surface area contributed by atoms with Crippen molar-refractivity contribution >= 4 is 17.1 Å². The molecule has 104 valence electrons. The fraction of sp³-hybridized carbons (Fsp3) is 0.214. The zero-order valence-corrected chi connectivity index (χ0v) is 11.4. The Morgan fingerprint density at radius 3 is 2.70 bits per heavy atom. The van der Waals surface area contributed by atoms with Gasteiger partial charge in [0.15, 0.2) is 0 Å². The molecule has 1 aromatic heterocycles. The molecular weight excluding hydrogens is 256 g/mol. The van der Waals surface area contributed by atoms with E-state index in [0.717, 1.165) is 11.1 Å². The number of rotatable bonds is 5. The third-order valence-corrected chi connectivity index (χ3v) is 3.10. The van der Waals surface area contributed by atoms with Gasteiger partial charge >= 0.3 is 5.69 Å². The third-order valence-electron chi connectivity index (χ3n) is 3.10. The van der Waals surface area contributed by atoms with Gasteiger partial charge in [0, 0.05) is 26.0 Å². The Morgan fingerprint density at radius 2 is 2.05 bits per heavy atom. The number of nitrogens with zero attached hydrogens (tertiary/aromatic N) is 2. The molecule has 0 saturated heterocycles. The second kappa shape index (κ2) is 6.01. The van der Waals surface area contributed by atoms with Crippen LogP contribution in [0.1, 0.15) is 11.1 Å². The number of nitro groups is 1. The van der Waals surface area contributed by atoms with Crippen molar-refractivity contribution in [2.45, 2.75) is 13.5 Å². The van der Waals surface area contributed by atoms with Gasteiger partial charge in [0.1, 0.15) is 11.4 Å². The summed E-state index contributed by atoms with van der Waals surface area (Å²) < 4.78 is 0. The summed E-state index contributed by atoms with van der Waals surface area (Å²) in [5, 5.41) is 17.1. The van der Waals surface area contributed by atoms with E-state index < -0.39 is 0 Å². The van der Waals surface area contributed by atoms with Crippen LogP contribution in [0.5, 0.6) is 0 Å². The van der Waals surface area contributed by atoms with Crippen LogP contribution in [-0.4, -0.2) is 17.0 Å². The van der Waals surface area contributed by atoms with Crippen LogP contribution in [0.15, 0.2) is 36.7 Å². The van der Waals surface area contributed by atoms with Crippen LogP contribution >= 0.6 is 0 Å². The van der Waals surface area contributed by atoms with E-state index in [4.69, 9.17) is 0 Å². The molecule has 0 unspecified atom stereocenters. The number of aryl methyl sites for hydroxylation is 1. The quantitative estimate of drug-likeness (QED) is 0.646. The first-order valence-electron chi connectivity index (χ1n) is 6.22. The second-order valence-electron chi connectivity index (χ2n) is 4.36. The summed E-state index contributed by atoms with van der Waals surface area (Å²) >= 11 is 0. The Hall–Kier alpha value is -2.63. The third kappa shape index (κ3) is 2.85. The van der Waals surface area contributed by atoms with Crippen LogP contribution in [0.2, 0.25) is 0 Å². The average Bonchev–Trinajstić information content (AvgIpc) is 2.45. The molecular formula is C14H16N4O2. The van der Waals surface area contributed by atoms with Gasteiger partial charge in [-0.25, -0.2) is 0 Å². The largest absolute Gasteiger partial charge is 0.382 e. The van der Waals surface area contributed by atoms with E-state index >= 15 is 0 Å². The minimum absolute atomic E-state index is 0.0524. The molecule has 0 atom stereocenters. The highest BCUT2D eigenvalue weighted by molar-refractivity contribution is 5.76. The van der Waals surface area contributed by atoms with Crippen molar-refractivity contribution in [1.29, 1.82) is 0 Å². The number of anilines is 2. The molecule has 0 amide bonds. The predicted molar refractivity (Wildman–Crippen MR) is 78.9 cm³/mol. The SMILES string of the molecule is CNc1cccc(NCc2cnccc2C)c1[N+](=O)[O-]. The Bertz CT molecular complexity index is 628. The summed E-state index contributed by atoms with van der Waals surface area (Å²) in [4.78, 5) is 14.9. The van der Waals surface area contributed by atoms with Crippen molar-refractivity contribution in [3.05, 3.63) is 57.9 Å². The smallest absolute Gasteiger partial charge is 0.315 e. The highest BCUT2D eigenvalue weighted by atomic mass is 16.6. The van der Waals surface area contributed by atoms with E-state index in [-0.39, 0.29) is 10.6 Å².